The molecule has 116 valence electrons. The highest BCUT2D eigenvalue weighted by atomic mass is 32.1. The largest absolute Gasteiger partial charge is 0.378 e. The number of aryl methyl sites for hydroxylation is 1. The van der Waals surface area contributed by atoms with Crippen molar-refractivity contribution in [1.29, 1.82) is 0 Å². The van der Waals surface area contributed by atoms with Crippen molar-refractivity contribution in [3.8, 4) is 0 Å². The van der Waals surface area contributed by atoms with Crippen LogP contribution in [-0.4, -0.2) is 58.4 Å². The molecule has 0 saturated carbocycles. The molecule has 7 nitrogen and oxygen atoms in total. The Bertz CT molecular complexity index is 651. The van der Waals surface area contributed by atoms with E-state index < -0.39 is 0 Å². The number of anilines is 2. The summed E-state index contributed by atoms with van der Waals surface area (Å²) in [6.07, 6.45) is 5.10. The molecule has 0 aromatic carbocycles. The number of piperazine rings is 1. The molecule has 0 bridgehead atoms. The lowest BCUT2D eigenvalue weighted by atomic mass is 10.2. The lowest BCUT2D eigenvalue weighted by Crippen LogP contribution is -2.49. The summed E-state index contributed by atoms with van der Waals surface area (Å²) in [6.45, 7) is 4.74. The van der Waals surface area contributed by atoms with Crippen molar-refractivity contribution < 1.29 is 4.79 Å². The molecule has 2 aromatic rings. The molecule has 0 radical (unpaired) electrons. The van der Waals surface area contributed by atoms with Crippen LogP contribution in [0, 0.1) is 6.92 Å². The third kappa shape index (κ3) is 2.74. The summed E-state index contributed by atoms with van der Waals surface area (Å²) < 4.78 is 4.27. The first kappa shape index (κ1) is 14.7. The highest BCUT2D eigenvalue weighted by Crippen LogP contribution is 2.26. The number of rotatable bonds is 3. The molecule has 1 aliphatic rings. The lowest BCUT2D eigenvalue weighted by molar-refractivity contribution is 0.0747. The average molecular weight is 318 g/mol. The first-order valence-electron chi connectivity index (χ1n) is 7.15. The van der Waals surface area contributed by atoms with E-state index in [1.54, 1.807) is 18.6 Å². The predicted octanol–water partition coefficient (Wildman–Crippen LogP) is 1.25. The maximum atomic E-state index is 12.7. The van der Waals surface area contributed by atoms with Gasteiger partial charge in [-0.25, -0.2) is 4.98 Å². The van der Waals surface area contributed by atoms with Crippen LogP contribution in [0.2, 0.25) is 0 Å². The molecule has 22 heavy (non-hydrogen) atoms. The van der Waals surface area contributed by atoms with Crippen molar-refractivity contribution in [1.82, 2.24) is 19.2 Å². The van der Waals surface area contributed by atoms with Crippen molar-refractivity contribution in [3.05, 3.63) is 29.8 Å². The van der Waals surface area contributed by atoms with E-state index >= 15 is 0 Å². The van der Waals surface area contributed by atoms with Gasteiger partial charge in [-0.1, -0.05) is 0 Å². The summed E-state index contributed by atoms with van der Waals surface area (Å²) in [5.41, 5.74) is 1.48. The van der Waals surface area contributed by atoms with E-state index in [2.05, 4.69) is 24.6 Å². The fraction of sp³-hybridized carbons (Fsp3) is 0.429. The summed E-state index contributed by atoms with van der Waals surface area (Å²) >= 11 is 1.33. The molecule has 0 aliphatic carbocycles. The first-order valence-corrected chi connectivity index (χ1v) is 7.92. The normalized spacial score (nSPS) is 15.0. The van der Waals surface area contributed by atoms with Gasteiger partial charge in [0.2, 0.25) is 0 Å². The molecule has 1 fully saturated rings. The van der Waals surface area contributed by atoms with Crippen LogP contribution in [0.3, 0.4) is 0 Å². The van der Waals surface area contributed by atoms with E-state index in [0.29, 0.717) is 18.7 Å². The van der Waals surface area contributed by atoms with Gasteiger partial charge in [0.1, 0.15) is 10.8 Å². The van der Waals surface area contributed by atoms with E-state index in [-0.39, 0.29) is 5.91 Å². The molecule has 2 aromatic heterocycles. The fourth-order valence-electron chi connectivity index (χ4n) is 2.54. The number of amides is 1. The number of nitrogens with zero attached hydrogens (tertiary/aromatic N) is 5. The van der Waals surface area contributed by atoms with Crippen molar-refractivity contribution in [3.63, 3.8) is 0 Å². The van der Waals surface area contributed by atoms with Crippen molar-refractivity contribution in [2.45, 2.75) is 6.92 Å². The minimum Gasteiger partial charge on any atom is -0.378 e. The van der Waals surface area contributed by atoms with Gasteiger partial charge in [0.05, 0.1) is 17.5 Å². The Balaban J connectivity index is 1.69. The van der Waals surface area contributed by atoms with Gasteiger partial charge in [0, 0.05) is 45.6 Å². The van der Waals surface area contributed by atoms with Crippen molar-refractivity contribution in [2.75, 3.05) is 43.4 Å². The fourth-order valence-corrected chi connectivity index (χ4v) is 3.28. The molecule has 0 spiro atoms. The zero-order valence-electron chi connectivity index (χ0n) is 12.6. The van der Waals surface area contributed by atoms with E-state index in [1.807, 2.05) is 18.9 Å². The molecule has 0 unspecified atom stereocenters. The molecular weight excluding hydrogens is 300 g/mol. The zero-order chi connectivity index (χ0) is 15.5. The van der Waals surface area contributed by atoms with Crippen molar-refractivity contribution >= 4 is 28.3 Å². The van der Waals surface area contributed by atoms with E-state index in [9.17, 15) is 4.79 Å². The van der Waals surface area contributed by atoms with Crippen LogP contribution in [-0.2, 0) is 0 Å². The van der Waals surface area contributed by atoms with Crippen molar-refractivity contribution in [2.24, 2.45) is 0 Å². The standard InChI is InChI=1S/C14H18N6OS/c1-10-12(13(15-2)22-18-10)14(21)20-7-5-19(6-8-20)11-9-16-3-4-17-11/h3-4,9,15H,5-8H2,1-2H3. The number of aromatic nitrogens is 3. The minimum atomic E-state index is 0.0504. The van der Waals surface area contributed by atoms with Gasteiger partial charge >= 0.3 is 0 Å². The molecule has 1 N–H and O–H groups in total. The van der Waals surface area contributed by atoms with E-state index in [0.717, 1.165) is 29.6 Å². The van der Waals surface area contributed by atoms with Crippen LogP contribution < -0.4 is 10.2 Å². The second-order valence-corrected chi connectivity index (χ2v) is 5.84. The summed E-state index contributed by atoms with van der Waals surface area (Å²) in [5.74, 6) is 0.910. The Hall–Kier alpha value is -2.22. The molecule has 1 aliphatic heterocycles. The quantitative estimate of drug-likeness (QED) is 0.918. The van der Waals surface area contributed by atoms with Gasteiger partial charge in [0.25, 0.3) is 5.91 Å². The summed E-state index contributed by atoms with van der Waals surface area (Å²) in [5, 5.41) is 3.88. The van der Waals surface area contributed by atoms with Crippen LogP contribution in [0.15, 0.2) is 18.6 Å². The van der Waals surface area contributed by atoms with Crippen LogP contribution in [0.1, 0.15) is 16.1 Å². The van der Waals surface area contributed by atoms with E-state index in [4.69, 9.17) is 0 Å². The van der Waals surface area contributed by atoms with Gasteiger partial charge in [-0.2, -0.15) is 4.37 Å². The van der Waals surface area contributed by atoms with Gasteiger partial charge < -0.3 is 15.1 Å². The molecule has 1 amide bonds. The summed E-state index contributed by atoms with van der Waals surface area (Å²) in [7, 11) is 1.82. The van der Waals surface area contributed by atoms with Crippen LogP contribution in [0.4, 0.5) is 10.8 Å². The summed E-state index contributed by atoms with van der Waals surface area (Å²) in [6, 6.07) is 0. The predicted molar refractivity (Wildman–Crippen MR) is 86.5 cm³/mol. The van der Waals surface area contributed by atoms with Crippen LogP contribution >= 0.6 is 11.5 Å². The Morgan fingerprint density at radius 1 is 1.27 bits per heavy atom. The van der Waals surface area contributed by atoms with E-state index in [1.165, 1.54) is 11.5 Å². The van der Waals surface area contributed by atoms with Gasteiger partial charge in [-0.05, 0) is 18.5 Å². The molecule has 1 saturated heterocycles. The lowest BCUT2D eigenvalue weighted by Gasteiger charge is -2.35. The smallest absolute Gasteiger partial charge is 0.258 e. The Labute approximate surface area is 133 Å². The molecule has 0 atom stereocenters. The number of hydrogen-bond acceptors (Lipinski definition) is 7. The Kier molecular flexibility index (Phi) is 4.19. The van der Waals surface area contributed by atoms with Crippen LogP contribution in [0.5, 0.6) is 0 Å². The monoisotopic (exact) mass is 318 g/mol. The number of hydrogen-bond donors (Lipinski definition) is 1. The first-order chi connectivity index (χ1) is 10.7. The zero-order valence-corrected chi connectivity index (χ0v) is 13.4. The Morgan fingerprint density at radius 3 is 2.68 bits per heavy atom. The minimum absolute atomic E-state index is 0.0504. The van der Waals surface area contributed by atoms with Gasteiger partial charge in [-0.15, -0.1) is 0 Å². The number of nitrogens with one attached hydrogen (secondary N) is 1. The molecule has 8 heteroatoms. The maximum absolute atomic E-state index is 12.7. The second-order valence-electron chi connectivity index (χ2n) is 5.06. The highest BCUT2D eigenvalue weighted by molar-refractivity contribution is 7.10. The molecule has 3 heterocycles. The number of carbonyl (C=O) groups is 1. The maximum Gasteiger partial charge on any atom is 0.258 e. The van der Waals surface area contributed by atoms with Gasteiger partial charge in [0.15, 0.2) is 0 Å². The van der Waals surface area contributed by atoms with Gasteiger partial charge in [-0.3, -0.25) is 9.78 Å². The van der Waals surface area contributed by atoms with Crippen LogP contribution in [0.25, 0.3) is 0 Å². The summed E-state index contributed by atoms with van der Waals surface area (Å²) in [4.78, 5) is 25.1. The third-order valence-corrected chi connectivity index (χ3v) is 4.70. The molecule has 3 rings (SSSR count). The average Bonchev–Trinajstić information content (AvgIpc) is 2.96. The Morgan fingerprint density at radius 2 is 2.05 bits per heavy atom. The molecular formula is C14H18N6OS. The third-order valence-electron chi connectivity index (χ3n) is 3.74. The SMILES string of the molecule is CNc1snc(C)c1C(=O)N1CCN(c2cnccn2)CC1. The topological polar surface area (TPSA) is 74.2 Å². The second kappa shape index (κ2) is 6.27. The number of carbonyl (C=O) groups excluding carboxylic acids is 1. The highest BCUT2D eigenvalue weighted by Gasteiger charge is 2.27.